The number of aliphatic hydroxyl groups is 1. The molecule has 0 unspecified atom stereocenters. The molecule has 0 bridgehead atoms. The van der Waals surface area contributed by atoms with Crippen LogP contribution in [0.3, 0.4) is 0 Å². The lowest BCUT2D eigenvalue weighted by Crippen LogP contribution is -2.33. The van der Waals surface area contributed by atoms with E-state index >= 15 is 0 Å². The Morgan fingerprint density at radius 2 is 1.95 bits per heavy atom. The Balaban J connectivity index is 3.24. The lowest BCUT2D eigenvalue weighted by atomic mass is 10.4. The smallest absolute Gasteiger partial charge is 0.246 e. The number of nitrogens with zero attached hydrogens (tertiary/aromatic N) is 3. The fourth-order valence-corrected chi connectivity index (χ4v) is 3.65. The van der Waals surface area contributed by atoms with E-state index in [1.54, 1.807) is 25.6 Å². The molecule has 19 heavy (non-hydrogen) atoms. The van der Waals surface area contributed by atoms with E-state index in [9.17, 15) is 8.42 Å². The third kappa shape index (κ3) is 3.16. The lowest BCUT2D eigenvalue weighted by Gasteiger charge is -2.21. The van der Waals surface area contributed by atoms with E-state index in [2.05, 4.69) is 5.10 Å². The molecule has 0 aromatic carbocycles. The molecule has 0 amide bonds. The maximum absolute atomic E-state index is 12.5. The van der Waals surface area contributed by atoms with Crippen LogP contribution in [0.25, 0.3) is 0 Å². The molecule has 0 saturated heterocycles. The summed E-state index contributed by atoms with van der Waals surface area (Å²) in [6.45, 7) is 7.69. The van der Waals surface area contributed by atoms with E-state index in [1.807, 2.05) is 13.8 Å². The van der Waals surface area contributed by atoms with Gasteiger partial charge in [-0.05, 0) is 34.1 Å². The van der Waals surface area contributed by atoms with Crippen molar-refractivity contribution < 1.29 is 13.5 Å². The van der Waals surface area contributed by atoms with Crippen LogP contribution < -0.4 is 0 Å². The largest absolute Gasteiger partial charge is 0.396 e. The molecule has 110 valence electrons. The first kappa shape index (κ1) is 16.1. The first-order chi connectivity index (χ1) is 8.73. The van der Waals surface area contributed by atoms with E-state index in [1.165, 1.54) is 4.31 Å². The molecule has 0 aliphatic rings. The third-order valence-electron chi connectivity index (χ3n) is 3.21. The number of sulfonamides is 1. The molecule has 0 atom stereocenters. The van der Waals surface area contributed by atoms with Crippen molar-refractivity contribution in [2.24, 2.45) is 0 Å². The van der Waals surface area contributed by atoms with Gasteiger partial charge in [0, 0.05) is 26.2 Å². The zero-order valence-corrected chi connectivity index (χ0v) is 13.0. The molecule has 1 rings (SSSR count). The van der Waals surface area contributed by atoms with Crippen LogP contribution in [0.2, 0.25) is 0 Å². The van der Waals surface area contributed by atoms with E-state index in [0.29, 0.717) is 24.4 Å². The number of hydrogen-bond donors (Lipinski definition) is 1. The van der Waals surface area contributed by atoms with Gasteiger partial charge in [-0.1, -0.05) is 0 Å². The highest BCUT2D eigenvalue weighted by Gasteiger charge is 2.29. The minimum absolute atomic E-state index is 0.0618. The minimum Gasteiger partial charge on any atom is -0.396 e. The van der Waals surface area contributed by atoms with Crippen LogP contribution >= 0.6 is 0 Å². The Morgan fingerprint density at radius 1 is 1.37 bits per heavy atom. The number of aromatic nitrogens is 2. The Morgan fingerprint density at radius 3 is 2.42 bits per heavy atom. The summed E-state index contributed by atoms with van der Waals surface area (Å²) in [4.78, 5) is 0.279. The molecule has 1 aromatic heterocycles. The SMILES string of the molecule is Cc1nn(CCCO)c(C)c1S(=O)(=O)N(C)C(C)C. The Bertz CT molecular complexity index is 535. The predicted molar refractivity (Wildman–Crippen MR) is 73.5 cm³/mol. The van der Waals surface area contributed by atoms with Gasteiger partial charge in [-0.15, -0.1) is 0 Å². The first-order valence-electron chi connectivity index (χ1n) is 6.36. The van der Waals surface area contributed by atoms with Gasteiger partial charge in [-0.3, -0.25) is 4.68 Å². The molecule has 0 saturated carbocycles. The highest BCUT2D eigenvalue weighted by atomic mass is 32.2. The van der Waals surface area contributed by atoms with Crippen LogP contribution in [0.4, 0.5) is 0 Å². The number of aryl methyl sites for hydroxylation is 2. The Hall–Kier alpha value is -0.920. The summed E-state index contributed by atoms with van der Waals surface area (Å²) in [6, 6.07) is -0.107. The summed E-state index contributed by atoms with van der Waals surface area (Å²) in [5.74, 6) is 0. The second kappa shape index (κ2) is 6.02. The molecule has 7 heteroatoms. The summed E-state index contributed by atoms with van der Waals surface area (Å²) >= 11 is 0. The molecule has 0 spiro atoms. The standard InChI is InChI=1S/C12H23N3O3S/c1-9(2)14(5)19(17,18)12-10(3)13-15(11(12)4)7-6-8-16/h9,16H,6-8H2,1-5H3. The van der Waals surface area contributed by atoms with Crippen molar-refractivity contribution in [3.05, 3.63) is 11.4 Å². The van der Waals surface area contributed by atoms with Gasteiger partial charge in [0.25, 0.3) is 0 Å². The van der Waals surface area contributed by atoms with E-state index < -0.39 is 10.0 Å². The maximum atomic E-state index is 12.5. The van der Waals surface area contributed by atoms with Gasteiger partial charge in [-0.2, -0.15) is 9.40 Å². The molecular formula is C12H23N3O3S. The van der Waals surface area contributed by atoms with Crippen LogP contribution in [0.1, 0.15) is 31.7 Å². The van der Waals surface area contributed by atoms with Crippen LogP contribution in [0.15, 0.2) is 4.90 Å². The Kier molecular flexibility index (Phi) is 5.11. The molecule has 0 aliphatic heterocycles. The van der Waals surface area contributed by atoms with Crippen LogP contribution in [-0.4, -0.2) is 47.3 Å². The van der Waals surface area contributed by atoms with Crippen LogP contribution in [0, 0.1) is 13.8 Å². The molecule has 6 nitrogen and oxygen atoms in total. The van der Waals surface area contributed by atoms with Gasteiger partial charge >= 0.3 is 0 Å². The molecule has 1 heterocycles. The third-order valence-corrected chi connectivity index (χ3v) is 5.49. The molecule has 1 N–H and O–H groups in total. The number of rotatable bonds is 6. The van der Waals surface area contributed by atoms with E-state index in [4.69, 9.17) is 5.11 Å². The zero-order valence-electron chi connectivity index (χ0n) is 12.2. The van der Waals surface area contributed by atoms with Crippen LogP contribution in [0.5, 0.6) is 0 Å². The number of aliphatic hydroxyl groups excluding tert-OH is 1. The highest BCUT2D eigenvalue weighted by molar-refractivity contribution is 7.89. The summed E-state index contributed by atoms with van der Waals surface area (Å²) in [6.07, 6.45) is 0.557. The minimum atomic E-state index is -3.52. The van der Waals surface area contributed by atoms with Crippen molar-refractivity contribution in [1.82, 2.24) is 14.1 Å². The Labute approximate surface area is 115 Å². The monoisotopic (exact) mass is 289 g/mol. The second-order valence-corrected chi connectivity index (χ2v) is 6.85. The molecule has 0 radical (unpaired) electrons. The summed E-state index contributed by atoms with van der Waals surface area (Å²) in [5, 5.41) is 13.1. The maximum Gasteiger partial charge on any atom is 0.246 e. The van der Waals surface area contributed by atoms with Gasteiger partial charge in [0.15, 0.2) is 0 Å². The normalized spacial score (nSPS) is 12.6. The van der Waals surface area contributed by atoms with Crippen molar-refractivity contribution in [3.8, 4) is 0 Å². The van der Waals surface area contributed by atoms with Crippen molar-refractivity contribution in [1.29, 1.82) is 0 Å². The molecule has 1 aromatic rings. The van der Waals surface area contributed by atoms with Crippen molar-refractivity contribution in [3.63, 3.8) is 0 Å². The first-order valence-corrected chi connectivity index (χ1v) is 7.80. The van der Waals surface area contributed by atoms with Gasteiger partial charge in [0.05, 0.1) is 11.4 Å². The average Bonchev–Trinajstić information content (AvgIpc) is 2.60. The van der Waals surface area contributed by atoms with Crippen LogP contribution in [-0.2, 0) is 16.6 Å². The van der Waals surface area contributed by atoms with E-state index in [-0.39, 0.29) is 17.5 Å². The molecule has 0 aliphatic carbocycles. The predicted octanol–water partition coefficient (Wildman–Crippen LogP) is 0.911. The summed E-state index contributed by atoms with van der Waals surface area (Å²) in [5.41, 5.74) is 1.13. The summed E-state index contributed by atoms with van der Waals surface area (Å²) < 4.78 is 28.0. The van der Waals surface area contributed by atoms with Crippen molar-refractivity contribution in [2.45, 2.75) is 51.6 Å². The fraction of sp³-hybridized carbons (Fsp3) is 0.750. The van der Waals surface area contributed by atoms with Crippen molar-refractivity contribution in [2.75, 3.05) is 13.7 Å². The van der Waals surface area contributed by atoms with Gasteiger partial charge in [0.1, 0.15) is 4.90 Å². The number of hydrogen-bond acceptors (Lipinski definition) is 4. The summed E-state index contributed by atoms with van der Waals surface area (Å²) in [7, 11) is -1.94. The topological polar surface area (TPSA) is 75.4 Å². The van der Waals surface area contributed by atoms with Crippen molar-refractivity contribution >= 4 is 10.0 Å². The van der Waals surface area contributed by atoms with Gasteiger partial charge in [-0.25, -0.2) is 8.42 Å². The quantitative estimate of drug-likeness (QED) is 0.844. The molecule has 0 fully saturated rings. The second-order valence-electron chi connectivity index (χ2n) is 4.92. The fourth-order valence-electron chi connectivity index (χ4n) is 1.91. The average molecular weight is 289 g/mol. The van der Waals surface area contributed by atoms with Gasteiger partial charge < -0.3 is 5.11 Å². The van der Waals surface area contributed by atoms with Gasteiger partial charge in [0.2, 0.25) is 10.0 Å². The molecular weight excluding hydrogens is 266 g/mol. The highest BCUT2D eigenvalue weighted by Crippen LogP contribution is 2.24. The van der Waals surface area contributed by atoms with E-state index in [0.717, 1.165) is 0 Å². The zero-order chi connectivity index (χ0) is 14.8. The lowest BCUT2D eigenvalue weighted by molar-refractivity contribution is 0.276.